The van der Waals surface area contributed by atoms with Crippen molar-refractivity contribution in [2.75, 3.05) is 44.7 Å². The van der Waals surface area contributed by atoms with E-state index >= 15 is 0 Å². The lowest BCUT2D eigenvalue weighted by atomic mass is 9.87. The molecule has 1 amide bonds. The standard InChI is InChI=1S/C28H31ClN2O4/c1-18(33-4)17-35-26-16-24-20(14-25(26)34-5)15-27(32)31(23-12-10-22(11-13-23)30(2)3)28(24)19-6-8-21(29)9-7-19/h6-14,16,18,28H,15,17H2,1-5H3/t18-,28?/m1/s1. The van der Waals surface area contributed by atoms with Crippen molar-refractivity contribution in [3.63, 3.8) is 0 Å². The van der Waals surface area contributed by atoms with Crippen molar-refractivity contribution in [3.8, 4) is 11.5 Å². The van der Waals surface area contributed by atoms with Gasteiger partial charge in [-0.1, -0.05) is 23.7 Å². The quantitative estimate of drug-likeness (QED) is 0.413. The normalized spacial score (nSPS) is 16.0. The Balaban J connectivity index is 1.84. The summed E-state index contributed by atoms with van der Waals surface area (Å²) in [5, 5.41) is 0.644. The molecule has 0 radical (unpaired) electrons. The largest absolute Gasteiger partial charge is 0.493 e. The van der Waals surface area contributed by atoms with E-state index in [2.05, 4.69) is 0 Å². The van der Waals surface area contributed by atoms with Gasteiger partial charge in [0, 0.05) is 37.6 Å². The summed E-state index contributed by atoms with van der Waals surface area (Å²) >= 11 is 6.20. The second kappa shape index (κ2) is 10.6. The molecule has 3 aromatic rings. The predicted octanol–water partition coefficient (Wildman–Crippen LogP) is 5.51. The maximum absolute atomic E-state index is 13.6. The molecule has 0 saturated heterocycles. The number of hydrogen-bond donors (Lipinski definition) is 0. The second-order valence-electron chi connectivity index (χ2n) is 8.86. The highest BCUT2D eigenvalue weighted by molar-refractivity contribution is 6.30. The minimum atomic E-state index is -0.346. The maximum atomic E-state index is 13.6. The Morgan fingerprint density at radius 3 is 2.31 bits per heavy atom. The summed E-state index contributed by atoms with van der Waals surface area (Å²) in [6.07, 6.45) is 0.191. The van der Waals surface area contributed by atoms with Crippen molar-refractivity contribution in [2.45, 2.75) is 25.5 Å². The third-order valence-electron chi connectivity index (χ3n) is 6.29. The van der Waals surface area contributed by atoms with Crippen molar-refractivity contribution in [1.29, 1.82) is 0 Å². The van der Waals surface area contributed by atoms with Gasteiger partial charge in [-0.05, 0) is 72.1 Å². The van der Waals surface area contributed by atoms with E-state index in [1.54, 1.807) is 14.2 Å². The molecule has 35 heavy (non-hydrogen) atoms. The Morgan fingerprint density at radius 1 is 1.03 bits per heavy atom. The van der Waals surface area contributed by atoms with Crippen LogP contribution in [-0.4, -0.2) is 46.9 Å². The summed E-state index contributed by atoms with van der Waals surface area (Å²) in [6.45, 7) is 2.32. The summed E-state index contributed by atoms with van der Waals surface area (Å²) in [5.41, 5.74) is 4.76. The molecule has 0 fully saturated rings. The van der Waals surface area contributed by atoms with Crippen LogP contribution in [0.2, 0.25) is 5.02 Å². The minimum Gasteiger partial charge on any atom is -0.493 e. The first-order valence-electron chi connectivity index (χ1n) is 11.5. The fourth-order valence-corrected chi connectivity index (χ4v) is 4.41. The van der Waals surface area contributed by atoms with Gasteiger partial charge in [0.05, 0.1) is 25.7 Å². The average Bonchev–Trinajstić information content (AvgIpc) is 2.86. The first-order valence-corrected chi connectivity index (χ1v) is 11.9. The van der Waals surface area contributed by atoms with Crippen LogP contribution in [0.15, 0.2) is 60.7 Å². The zero-order valence-corrected chi connectivity index (χ0v) is 21.5. The zero-order valence-electron chi connectivity index (χ0n) is 20.7. The molecule has 7 heteroatoms. The number of fused-ring (bicyclic) bond motifs is 1. The highest BCUT2D eigenvalue weighted by Gasteiger charge is 2.36. The fourth-order valence-electron chi connectivity index (χ4n) is 4.28. The lowest BCUT2D eigenvalue weighted by Crippen LogP contribution is -2.41. The molecule has 0 saturated carbocycles. The van der Waals surface area contributed by atoms with Gasteiger partial charge in [-0.15, -0.1) is 0 Å². The molecule has 0 aromatic heterocycles. The number of methoxy groups -OCH3 is 2. The third kappa shape index (κ3) is 5.24. The average molecular weight is 495 g/mol. The number of rotatable bonds is 8. The summed E-state index contributed by atoms with van der Waals surface area (Å²) in [7, 11) is 7.24. The van der Waals surface area contributed by atoms with Crippen molar-refractivity contribution >= 4 is 28.9 Å². The van der Waals surface area contributed by atoms with E-state index < -0.39 is 0 Å². The summed E-state index contributed by atoms with van der Waals surface area (Å²) < 4.78 is 17.0. The van der Waals surface area contributed by atoms with Gasteiger partial charge in [0.25, 0.3) is 0 Å². The summed E-state index contributed by atoms with van der Waals surface area (Å²) in [5.74, 6) is 1.23. The predicted molar refractivity (Wildman–Crippen MR) is 140 cm³/mol. The Bertz CT molecular complexity index is 1180. The molecule has 184 valence electrons. The van der Waals surface area contributed by atoms with Gasteiger partial charge in [0.15, 0.2) is 11.5 Å². The Labute approximate surface area is 212 Å². The zero-order chi connectivity index (χ0) is 25.1. The van der Waals surface area contributed by atoms with E-state index in [0.717, 1.165) is 28.1 Å². The van der Waals surface area contributed by atoms with Crippen molar-refractivity contribution in [3.05, 3.63) is 82.4 Å². The molecule has 0 bridgehead atoms. The Kier molecular flexibility index (Phi) is 7.53. The van der Waals surface area contributed by atoms with Crippen LogP contribution >= 0.6 is 11.6 Å². The van der Waals surface area contributed by atoms with Gasteiger partial charge in [-0.3, -0.25) is 4.79 Å². The van der Waals surface area contributed by atoms with Crippen LogP contribution in [0.5, 0.6) is 11.5 Å². The summed E-state index contributed by atoms with van der Waals surface area (Å²) in [4.78, 5) is 17.5. The molecule has 4 rings (SSSR count). The molecule has 2 atom stereocenters. The molecular formula is C28H31ClN2O4. The van der Waals surface area contributed by atoms with E-state index in [1.165, 1.54) is 0 Å². The van der Waals surface area contributed by atoms with E-state index in [1.807, 2.05) is 91.5 Å². The van der Waals surface area contributed by atoms with E-state index in [0.29, 0.717) is 23.1 Å². The van der Waals surface area contributed by atoms with Gasteiger partial charge in [-0.25, -0.2) is 0 Å². The Hall–Kier alpha value is -3.22. The molecular weight excluding hydrogens is 464 g/mol. The molecule has 0 aliphatic carbocycles. The molecule has 1 heterocycles. The second-order valence-corrected chi connectivity index (χ2v) is 9.30. The van der Waals surface area contributed by atoms with Crippen LogP contribution in [0, 0.1) is 0 Å². The number of nitrogens with zero attached hydrogens (tertiary/aromatic N) is 2. The smallest absolute Gasteiger partial charge is 0.232 e. The van der Waals surface area contributed by atoms with Gasteiger partial charge in [0.1, 0.15) is 6.61 Å². The third-order valence-corrected chi connectivity index (χ3v) is 6.55. The number of carbonyl (C=O) groups is 1. The van der Waals surface area contributed by atoms with Crippen LogP contribution in [0.3, 0.4) is 0 Å². The van der Waals surface area contributed by atoms with Crippen LogP contribution in [0.1, 0.15) is 29.7 Å². The SMILES string of the molecule is COc1cc2c(cc1OC[C@@H](C)OC)C(c1ccc(Cl)cc1)N(c1ccc(N(C)C)cc1)C(=O)C2. The minimum absolute atomic E-state index is 0.0128. The monoisotopic (exact) mass is 494 g/mol. The van der Waals surface area contributed by atoms with Gasteiger partial charge >= 0.3 is 0 Å². The number of halogens is 1. The lowest BCUT2D eigenvalue weighted by molar-refractivity contribution is -0.118. The molecule has 0 N–H and O–H groups in total. The summed E-state index contributed by atoms with van der Waals surface area (Å²) in [6, 6.07) is 19.2. The topological polar surface area (TPSA) is 51.2 Å². The molecule has 3 aromatic carbocycles. The van der Waals surface area contributed by atoms with Crippen molar-refractivity contribution in [2.24, 2.45) is 0 Å². The van der Waals surface area contributed by atoms with E-state index in [4.69, 9.17) is 25.8 Å². The Morgan fingerprint density at radius 2 is 1.71 bits per heavy atom. The molecule has 6 nitrogen and oxygen atoms in total. The van der Waals surface area contributed by atoms with Crippen LogP contribution in [-0.2, 0) is 16.0 Å². The number of amides is 1. The van der Waals surface area contributed by atoms with Crippen molar-refractivity contribution in [1.82, 2.24) is 0 Å². The number of hydrogen-bond acceptors (Lipinski definition) is 5. The highest BCUT2D eigenvalue weighted by Crippen LogP contribution is 2.43. The molecule has 1 unspecified atom stereocenters. The first kappa shape index (κ1) is 24.9. The fraction of sp³-hybridized carbons (Fsp3) is 0.321. The number of benzene rings is 3. The van der Waals surface area contributed by atoms with E-state index in [9.17, 15) is 4.79 Å². The first-order chi connectivity index (χ1) is 16.8. The van der Waals surface area contributed by atoms with E-state index in [-0.39, 0.29) is 24.5 Å². The number of carbonyl (C=O) groups excluding carboxylic acids is 1. The number of ether oxygens (including phenoxy) is 3. The van der Waals surface area contributed by atoms with Crippen LogP contribution in [0.25, 0.3) is 0 Å². The molecule has 1 aliphatic rings. The van der Waals surface area contributed by atoms with Gasteiger partial charge in [-0.2, -0.15) is 0 Å². The van der Waals surface area contributed by atoms with Gasteiger partial charge < -0.3 is 24.0 Å². The van der Waals surface area contributed by atoms with Crippen molar-refractivity contribution < 1.29 is 19.0 Å². The maximum Gasteiger partial charge on any atom is 0.232 e. The van der Waals surface area contributed by atoms with Crippen LogP contribution in [0.4, 0.5) is 11.4 Å². The lowest BCUT2D eigenvalue weighted by Gasteiger charge is -2.38. The molecule has 1 aliphatic heterocycles. The number of anilines is 2. The molecule has 0 spiro atoms. The highest BCUT2D eigenvalue weighted by atomic mass is 35.5. The van der Waals surface area contributed by atoms with Crippen LogP contribution < -0.4 is 19.3 Å². The van der Waals surface area contributed by atoms with Gasteiger partial charge in [0.2, 0.25) is 5.91 Å².